The lowest BCUT2D eigenvalue weighted by Crippen LogP contribution is -2.26. The van der Waals surface area contributed by atoms with Crippen LogP contribution < -0.4 is 0 Å². The van der Waals surface area contributed by atoms with Gasteiger partial charge >= 0.3 is 5.97 Å². The maximum atomic E-state index is 11.0. The fourth-order valence-electron chi connectivity index (χ4n) is 2.34. The largest absolute Gasteiger partial charge is 0.460 e. The number of rotatable bonds is 6. The molecule has 0 amide bonds. The van der Waals surface area contributed by atoms with Crippen LogP contribution in [0.2, 0.25) is 0 Å². The van der Waals surface area contributed by atoms with Gasteiger partial charge in [0.15, 0.2) is 0 Å². The second-order valence-electron chi connectivity index (χ2n) is 6.06. The Labute approximate surface area is 117 Å². The fraction of sp³-hybridized carbons (Fsp3) is 0.588. The van der Waals surface area contributed by atoms with Gasteiger partial charge in [-0.3, -0.25) is 4.79 Å². The third-order valence-corrected chi connectivity index (χ3v) is 3.48. The molecule has 0 N–H and O–H groups in total. The molecule has 0 aromatic heterocycles. The van der Waals surface area contributed by atoms with E-state index in [4.69, 9.17) is 4.74 Å². The smallest absolute Gasteiger partial charge is 0.303 e. The lowest BCUT2D eigenvalue weighted by molar-refractivity contribution is -0.154. The summed E-state index contributed by atoms with van der Waals surface area (Å²) in [5, 5.41) is 0. The molecule has 2 heteroatoms. The average Bonchev–Trinajstić information content (AvgIpc) is 2.27. The number of aryl methyl sites for hydroxylation is 1. The quantitative estimate of drug-likeness (QED) is 0.700. The molecule has 0 spiro atoms. The summed E-state index contributed by atoms with van der Waals surface area (Å²) in [4.78, 5) is 11.0. The van der Waals surface area contributed by atoms with E-state index in [2.05, 4.69) is 38.1 Å². The van der Waals surface area contributed by atoms with Gasteiger partial charge in [-0.2, -0.15) is 0 Å². The van der Waals surface area contributed by atoms with Crippen molar-refractivity contribution in [2.45, 2.75) is 65.4 Å². The van der Waals surface area contributed by atoms with Crippen LogP contribution in [0.15, 0.2) is 24.3 Å². The van der Waals surface area contributed by atoms with E-state index in [0.717, 1.165) is 19.3 Å². The van der Waals surface area contributed by atoms with Crippen molar-refractivity contribution in [2.75, 3.05) is 0 Å². The zero-order valence-electron chi connectivity index (χ0n) is 12.8. The minimum absolute atomic E-state index is 0.198. The van der Waals surface area contributed by atoms with Gasteiger partial charge in [0.1, 0.15) is 5.60 Å². The standard InChI is InChI=1S/C17H26O2/c1-13-8-10-16(11-9-13)14(2)7-6-12-17(4,5)19-15(3)18/h8-11,14H,6-7,12H2,1-5H3. The predicted octanol–water partition coefficient (Wildman–Crippen LogP) is 4.61. The molecule has 1 aromatic rings. The summed E-state index contributed by atoms with van der Waals surface area (Å²) >= 11 is 0. The minimum Gasteiger partial charge on any atom is -0.460 e. The Balaban J connectivity index is 2.40. The van der Waals surface area contributed by atoms with Gasteiger partial charge in [0.05, 0.1) is 0 Å². The first-order valence-electron chi connectivity index (χ1n) is 7.06. The second kappa shape index (κ2) is 6.74. The van der Waals surface area contributed by atoms with Crippen LogP contribution in [0.4, 0.5) is 0 Å². The summed E-state index contributed by atoms with van der Waals surface area (Å²) in [6.07, 6.45) is 3.09. The topological polar surface area (TPSA) is 26.3 Å². The Hall–Kier alpha value is -1.31. The van der Waals surface area contributed by atoms with Gasteiger partial charge in [0.2, 0.25) is 0 Å². The third kappa shape index (κ3) is 5.91. The highest BCUT2D eigenvalue weighted by Crippen LogP contribution is 2.25. The van der Waals surface area contributed by atoms with E-state index in [-0.39, 0.29) is 11.6 Å². The van der Waals surface area contributed by atoms with Crippen LogP contribution in [0.1, 0.15) is 64.0 Å². The number of esters is 1. The minimum atomic E-state index is -0.348. The normalized spacial score (nSPS) is 13.1. The first-order valence-corrected chi connectivity index (χ1v) is 7.06. The second-order valence-corrected chi connectivity index (χ2v) is 6.06. The lowest BCUT2D eigenvalue weighted by atomic mass is 9.92. The van der Waals surface area contributed by atoms with Crippen LogP contribution in [0.25, 0.3) is 0 Å². The van der Waals surface area contributed by atoms with E-state index in [1.165, 1.54) is 18.1 Å². The molecule has 106 valence electrons. The van der Waals surface area contributed by atoms with Crippen molar-refractivity contribution in [3.63, 3.8) is 0 Å². The van der Waals surface area contributed by atoms with E-state index in [0.29, 0.717) is 5.92 Å². The number of hydrogen-bond acceptors (Lipinski definition) is 2. The van der Waals surface area contributed by atoms with E-state index in [1.54, 1.807) is 0 Å². The van der Waals surface area contributed by atoms with Crippen molar-refractivity contribution in [3.05, 3.63) is 35.4 Å². The van der Waals surface area contributed by atoms with Crippen molar-refractivity contribution in [1.82, 2.24) is 0 Å². The summed E-state index contributed by atoms with van der Waals surface area (Å²) in [5.41, 5.74) is 2.33. The van der Waals surface area contributed by atoms with Crippen molar-refractivity contribution in [1.29, 1.82) is 0 Å². The highest BCUT2D eigenvalue weighted by atomic mass is 16.6. The summed E-state index contributed by atoms with van der Waals surface area (Å²) in [6.45, 7) is 9.78. The molecule has 0 bridgehead atoms. The molecule has 0 saturated heterocycles. The summed E-state index contributed by atoms with van der Waals surface area (Å²) in [5.74, 6) is 0.352. The monoisotopic (exact) mass is 262 g/mol. The average molecular weight is 262 g/mol. The SMILES string of the molecule is CC(=O)OC(C)(C)CCCC(C)c1ccc(C)cc1. The van der Waals surface area contributed by atoms with Crippen molar-refractivity contribution in [2.24, 2.45) is 0 Å². The molecule has 0 saturated carbocycles. The van der Waals surface area contributed by atoms with Crippen LogP contribution in [0.5, 0.6) is 0 Å². The Morgan fingerprint density at radius 1 is 1.26 bits per heavy atom. The first-order chi connectivity index (χ1) is 8.80. The van der Waals surface area contributed by atoms with E-state index in [1.807, 2.05) is 13.8 Å². The Morgan fingerprint density at radius 3 is 2.37 bits per heavy atom. The summed E-state index contributed by atoms with van der Waals surface area (Å²) in [6, 6.07) is 8.73. The maximum absolute atomic E-state index is 11.0. The van der Waals surface area contributed by atoms with Crippen LogP contribution in [-0.2, 0) is 9.53 Å². The molecule has 0 heterocycles. The molecule has 0 fully saturated rings. The molecule has 0 radical (unpaired) electrons. The van der Waals surface area contributed by atoms with Crippen molar-refractivity contribution >= 4 is 5.97 Å². The van der Waals surface area contributed by atoms with E-state index < -0.39 is 0 Å². The zero-order chi connectivity index (χ0) is 14.5. The van der Waals surface area contributed by atoms with Crippen LogP contribution >= 0.6 is 0 Å². The number of ether oxygens (including phenoxy) is 1. The first kappa shape index (κ1) is 15.7. The van der Waals surface area contributed by atoms with Gasteiger partial charge in [0.25, 0.3) is 0 Å². The predicted molar refractivity (Wildman–Crippen MR) is 79.3 cm³/mol. The number of hydrogen-bond donors (Lipinski definition) is 0. The van der Waals surface area contributed by atoms with Gasteiger partial charge in [-0.25, -0.2) is 0 Å². The van der Waals surface area contributed by atoms with E-state index in [9.17, 15) is 4.79 Å². The molecule has 0 aliphatic heterocycles. The maximum Gasteiger partial charge on any atom is 0.303 e. The summed E-state index contributed by atoms with van der Waals surface area (Å²) in [7, 11) is 0. The molecule has 19 heavy (non-hydrogen) atoms. The van der Waals surface area contributed by atoms with Crippen LogP contribution in [0, 0.1) is 6.92 Å². The lowest BCUT2D eigenvalue weighted by Gasteiger charge is -2.25. The van der Waals surface area contributed by atoms with Crippen LogP contribution in [-0.4, -0.2) is 11.6 Å². The molecule has 0 aliphatic rings. The molecule has 0 aliphatic carbocycles. The van der Waals surface area contributed by atoms with Gasteiger partial charge < -0.3 is 4.74 Å². The zero-order valence-corrected chi connectivity index (χ0v) is 12.8. The molecular formula is C17H26O2. The molecule has 1 atom stereocenters. The Morgan fingerprint density at radius 2 is 1.84 bits per heavy atom. The van der Waals surface area contributed by atoms with Crippen molar-refractivity contribution < 1.29 is 9.53 Å². The fourth-order valence-corrected chi connectivity index (χ4v) is 2.34. The van der Waals surface area contributed by atoms with Gasteiger partial charge in [-0.1, -0.05) is 36.8 Å². The Kier molecular flexibility index (Phi) is 5.59. The molecule has 1 rings (SSSR count). The van der Waals surface area contributed by atoms with Crippen molar-refractivity contribution in [3.8, 4) is 0 Å². The number of carbonyl (C=O) groups is 1. The highest BCUT2D eigenvalue weighted by Gasteiger charge is 2.20. The number of carbonyl (C=O) groups excluding carboxylic acids is 1. The third-order valence-electron chi connectivity index (χ3n) is 3.48. The molecule has 1 aromatic carbocycles. The van der Waals surface area contributed by atoms with E-state index >= 15 is 0 Å². The van der Waals surface area contributed by atoms with Gasteiger partial charge in [-0.15, -0.1) is 0 Å². The van der Waals surface area contributed by atoms with Crippen LogP contribution in [0.3, 0.4) is 0 Å². The summed E-state index contributed by atoms with van der Waals surface area (Å²) < 4.78 is 5.30. The number of benzene rings is 1. The van der Waals surface area contributed by atoms with Gasteiger partial charge in [0, 0.05) is 6.92 Å². The van der Waals surface area contributed by atoms with Gasteiger partial charge in [-0.05, 0) is 51.5 Å². The molecule has 2 nitrogen and oxygen atoms in total. The molecule has 1 unspecified atom stereocenters. The molecular weight excluding hydrogens is 236 g/mol. The highest BCUT2D eigenvalue weighted by molar-refractivity contribution is 5.66. The Bertz CT molecular complexity index is 404.